The summed E-state index contributed by atoms with van der Waals surface area (Å²) < 4.78 is 0. The zero-order chi connectivity index (χ0) is 15.2. The lowest BCUT2D eigenvalue weighted by Crippen LogP contribution is -2.54. The quantitative estimate of drug-likeness (QED) is 0.811. The Morgan fingerprint density at radius 1 is 1.10 bits per heavy atom. The van der Waals surface area contributed by atoms with Gasteiger partial charge < -0.3 is 5.32 Å². The molecule has 1 aromatic carbocycles. The molecule has 3 nitrogen and oxygen atoms in total. The summed E-state index contributed by atoms with van der Waals surface area (Å²) in [6, 6.07) is 10.2. The van der Waals surface area contributed by atoms with Gasteiger partial charge >= 0.3 is 0 Å². The van der Waals surface area contributed by atoms with Crippen molar-refractivity contribution in [3.63, 3.8) is 0 Å². The third-order valence-electron chi connectivity index (χ3n) is 4.77. The molecule has 3 heteroatoms. The second kappa shape index (κ2) is 7.92. The van der Waals surface area contributed by atoms with Gasteiger partial charge in [-0.05, 0) is 51.5 Å². The van der Waals surface area contributed by atoms with Gasteiger partial charge in [0.1, 0.15) is 0 Å². The number of rotatable bonds is 6. The highest BCUT2D eigenvalue weighted by Crippen LogP contribution is 2.18. The predicted octanol–water partition coefficient (Wildman–Crippen LogP) is 2.36. The number of benzene rings is 1. The molecule has 1 aromatic rings. The standard InChI is InChI=1S/C18H31N3/c1-5-19-11-10-17-8-6-7-9-18(17)14-21-12-15(2)20(4)16(3)13-21/h6-9,15-16,19H,5,10-14H2,1-4H3. The molecule has 0 aromatic heterocycles. The Labute approximate surface area is 130 Å². The van der Waals surface area contributed by atoms with Crippen LogP contribution < -0.4 is 5.32 Å². The van der Waals surface area contributed by atoms with Crippen LogP contribution in [0.25, 0.3) is 0 Å². The van der Waals surface area contributed by atoms with E-state index in [4.69, 9.17) is 0 Å². The number of likely N-dealkylation sites (N-methyl/N-ethyl adjacent to an activating group) is 2. The Morgan fingerprint density at radius 3 is 2.33 bits per heavy atom. The minimum absolute atomic E-state index is 0.641. The van der Waals surface area contributed by atoms with Crippen molar-refractivity contribution in [3.05, 3.63) is 35.4 Å². The Balaban J connectivity index is 1.99. The van der Waals surface area contributed by atoms with Gasteiger partial charge in [-0.3, -0.25) is 9.80 Å². The van der Waals surface area contributed by atoms with Crippen molar-refractivity contribution < 1.29 is 0 Å². The van der Waals surface area contributed by atoms with Crippen LogP contribution in [0, 0.1) is 0 Å². The minimum atomic E-state index is 0.641. The molecule has 1 fully saturated rings. The first-order valence-electron chi connectivity index (χ1n) is 8.33. The molecule has 1 N–H and O–H groups in total. The van der Waals surface area contributed by atoms with Gasteiger partial charge in [-0.2, -0.15) is 0 Å². The molecule has 2 rings (SSSR count). The van der Waals surface area contributed by atoms with Gasteiger partial charge in [0.15, 0.2) is 0 Å². The minimum Gasteiger partial charge on any atom is -0.317 e. The molecule has 1 aliphatic rings. The normalized spacial score (nSPS) is 24.4. The van der Waals surface area contributed by atoms with Crippen LogP contribution >= 0.6 is 0 Å². The predicted molar refractivity (Wildman–Crippen MR) is 90.7 cm³/mol. The molecule has 0 amide bonds. The van der Waals surface area contributed by atoms with Gasteiger partial charge in [0.05, 0.1) is 0 Å². The van der Waals surface area contributed by atoms with Crippen molar-refractivity contribution in [1.82, 2.24) is 15.1 Å². The van der Waals surface area contributed by atoms with Crippen LogP contribution in [0.5, 0.6) is 0 Å². The lowest BCUT2D eigenvalue weighted by Gasteiger charge is -2.42. The highest BCUT2D eigenvalue weighted by atomic mass is 15.3. The van der Waals surface area contributed by atoms with E-state index in [1.54, 1.807) is 0 Å². The summed E-state index contributed by atoms with van der Waals surface area (Å²) in [5, 5.41) is 3.43. The highest BCUT2D eigenvalue weighted by molar-refractivity contribution is 5.27. The van der Waals surface area contributed by atoms with Crippen LogP contribution in [0.3, 0.4) is 0 Å². The van der Waals surface area contributed by atoms with E-state index in [2.05, 4.69) is 67.2 Å². The molecule has 0 spiro atoms. The number of piperazine rings is 1. The Kier molecular flexibility index (Phi) is 6.22. The molecule has 21 heavy (non-hydrogen) atoms. The first kappa shape index (κ1) is 16.5. The first-order valence-corrected chi connectivity index (χ1v) is 8.33. The molecule has 2 unspecified atom stereocenters. The molecule has 0 aliphatic carbocycles. The summed E-state index contributed by atoms with van der Waals surface area (Å²) in [5.74, 6) is 0. The van der Waals surface area contributed by atoms with Crippen molar-refractivity contribution >= 4 is 0 Å². The van der Waals surface area contributed by atoms with Crippen molar-refractivity contribution in [3.8, 4) is 0 Å². The smallest absolute Gasteiger partial charge is 0.0237 e. The largest absolute Gasteiger partial charge is 0.317 e. The summed E-state index contributed by atoms with van der Waals surface area (Å²) in [7, 11) is 2.25. The van der Waals surface area contributed by atoms with E-state index < -0.39 is 0 Å². The molecule has 1 aliphatic heterocycles. The van der Waals surface area contributed by atoms with Crippen molar-refractivity contribution in [2.75, 3.05) is 33.2 Å². The zero-order valence-corrected chi connectivity index (χ0v) is 14.1. The third kappa shape index (κ3) is 4.53. The van der Waals surface area contributed by atoms with Crippen LogP contribution in [-0.2, 0) is 13.0 Å². The molecule has 0 bridgehead atoms. The molecular weight excluding hydrogens is 258 g/mol. The molecule has 0 radical (unpaired) electrons. The van der Waals surface area contributed by atoms with Crippen LogP contribution in [0.1, 0.15) is 31.9 Å². The third-order valence-corrected chi connectivity index (χ3v) is 4.77. The first-order chi connectivity index (χ1) is 10.1. The summed E-state index contributed by atoms with van der Waals surface area (Å²) in [5.41, 5.74) is 3.00. The number of nitrogens with one attached hydrogen (secondary N) is 1. The summed E-state index contributed by atoms with van der Waals surface area (Å²) in [4.78, 5) is 5.11. The van der Waals surface area contributed by atoms with Gasteiger partial charge in [-0.15, -0.1) is 0 Å². The Bertz CT molecular complexity index is 420. The topological polar surface area (TPSA) is 18.5 Å². The van der Waals surface area contributed by atoms with Crippen LogP contribution in [0.2, 0.25) is 0 Å². The Hall–Kier alpha value is -0.900. The van der Waals surface area contributed by atoms with E-state index in [9.17, 15) is 0 Å². The fourth-order valence-corrected chi connectivity index (χ4v) is 3.24. The molecule has 1 saturated heterocycles. The van der Waals surface area contributed by atoms with Crippen molar-refractivity contribution in [2.45, 2.75) is 45.8 Å². The van der Waals surface area contributed by atoms with Crippen LogP contribution in [0.4, 0.5) is 0 Å². The van der Waals surface area contributed by atoms with E-state index in [0.717, 1.165) is 26.1 Å². The lowest BCUT2D eigenvalue weighted by atomic mass is 10.0. The summed E-state index contributed by atoms with van der Waals surface area (Å²) in [6.45, 7) is 12.4. The summed E-state index contributed by atoms with van der Waals surface area (Å²) >= 11 is 0. The van der Waals surface area contributed by atoms with Gasteiger partial charge in [0.25, 0.3) is 0 Å². The average Bonchev–Trinajstić information content (AvgIpc) is 2.47. The molecule has 0 saturated carbocycles. The van der Waals surface area contributed by atoms with E-state index in [-0.39, 0.29) is 0 Å². The fraction of sp³-hybridized carbons (Fsp3) is 0.667. The van der Waals surface area contributed by atoms with Gasteiger partial charge in [-0.25, -0.2) is 0 Å². The molecular formula is C18H31N3. The maximum absolute atomic E-state index is 3.43. The van der Waals surface area contributed by atoms with Crippen LogP contribution in [-0.4, -0.2) is 55.1 Å². The SMILES string of the molecule is CCNCCc1ccccc1CN1CC(C)N(C)C(C)C1. The van der Waals surface area contributed by atoms with E-state index >= 15 is 0 Å². The summed E-state index contributed by atoms with van der Waals surface area (Å²) in [6.07, 6.45) is 1.13. The second-order valence-electron chi connectivity index (χ2n) is 6.43. The lowest BCUT2D eigenvalue weighted by molar-refractivity contribution is 0.0555. The van der Waals surface area contributed by atoms with Gasteiger partial charge in [-0.1, -0.05) is 31.2 Å². The number of hydrogen-bond donors (Lipinski definition) is 1. The molecule has 1 heterocycles. The zero-order valence-electron chi connectivity index (χ0n) is 14.1. The van der Waals surface area contributed by atoms with Crippen LogP contribution in [0.15, 0.2) is 24.3 Å². The van der Waals surface area contributed by atoms with Gasteiger partial charge in [0.2, 0.25) is 0 Å². The number of hydrogen-bond acceptors (Lipinski definition) is 3. The molecule has 2 atom stereocenters. The molecule has 118 valence electrons. The van der Waals surface area contributed by atoms with E-state index in [1.165, 1.54) is 24.2 Å². The van der Waals surface area contributed by atoms with E-state index in [1.807, 2.05) is 0 Å². The maximum atomic E-state index is 3.43. The monoisotopic (exact) mass is 289 g/mol. The van der Waals surface area contributed by atoms with Crippen molar-refractivity contribution in [2.24, 2.45) is 0 Å². The van der Waals surface area contributed by atoms with Gasteiger partial charge in [0, 0.05) is 31.7 Å². The second-order valence-corrected chi connectivity index (χ2v) is 6.43. The fourth-order valence-electron chi connectivity index (χ4n) is 3.24. The van der Waals surface area contributed by atoms with Crippen molar-refractivity contribution in [1.29, 1.82) is 0 Å². The maximum Gasteiger partial charge on any atom is 0.0237 e. The Morgan fingerprint density at radius 2 is 1.71 bits per heavy atom. The number of nitrogens with zero attached hydrogens (tertiary/aromatic N) is 2. The average molecular weight is 289 g/mol. The van der Waals surface area contributed by atoms with E-state index in [0.29, 0.717) is 12.1 Å². The highest BCUT2D eigenvalue weighted by Gasteiger charge is 2.26.